The summed E-state index contributed by atoms with van der Waals surface area (Å²) in [6, 6.07) is 4.12. The van der Waals surface area contributed by atoms with E-state index in [0.717, 1.165) is 69.4 Å². The van der Waals surface area contributed by atoms with Gasteiger partial charge in [-0.15, -0.1) is 0 Å². The molecule has 2 aliphatic rings. The number of morpholine rings is 1. The van der Waals surface area contributed by atoms with Gasteiger partial charge in [0.2, 0.25) is 5.91 Å². The van der Waals surface area contributed by atoms with Crippen LogP contribution in [0.3, 0.4) is 0 Å². The minimum Gasteiger partial charge on any atom is -0.378 e. The van der Waals surface area contributed by atoms with Gasteiger partial charge in [0.05, 0.1) is 25.1 Å². The lowest BCUT2D eigenvalue weighted by Crippen LogP contribution is -2.37. The maximum atomic E-state index is 11.6. The molecular formula is C17H23N5O2. The number of pyridine rings is 1. The highest BCUT2D eigenvalue weighted by molar-refractivity contribution is 5.73. The van der Waals surface area contributed by atoms with E-state index in [4.69, 9.17) is 9.84 Å². The Hall–Kier alpha value is -2.15. The lowest BCUT2D eigenvalue weighted by molar-refractivity contribution is -0.130. The molecule has 4 heterocycles. The van der Waals surface area contributed by atoms with Crippen LogP contribution in [0.15, 0.2) is 18.3 Å². The molecule has 1 amide bonds. The van der Waals surface area contributed by atoms with Crippen LogP contribution in [0.1, 0.15) is 31.5 Å². The molecule has 2 aliphatic heterocycles. The summed E-state index contributed by atoms with van der Waals surface area (Å²) in [5, 5.41) is 4.70. The molecule has 7 heteroatoms. The molecule has 4 rings (SSSR count). The number of nitrogens with zero attached hydrogens (tertiary/aromatic N) is 5. The van der Waals surface area contributed by atoms with Gasteiger partial charge in [-0.25, -0.2) is 9.50 Å². The van der Waals surface area contributed by atoms with Gasteiger partial charge in [-0.2, -0.15) is 5.10 Å². The van der Waals surface area contributed by atoms with Crippen molar-refractivity contribution in [3.63, 3.8) is 0 Å². The molecule has 0 unspecified atom stereocenters. The summed E-state index contributed by atoms with van der Waals surface area (Å²) >= 11 is 0. The number of carbonyl (C=O) groups is 1. The Morgan fingerprint density at radius 3 is 2.88 bits per heavy atom. The number of ether oxygens (including phenoxy) is 1. The number of rotatable bonds is 2. The van der Waals surface area contributed by atoms with Crippen molar-refractivity contribution in [1.82, 2.24) is 19.5 Å². The number of likely N-dealkylation sites (tertiary alicyclic amines) is 1. The third-order valence-corrected chi connectivity index (χ3v) is 4.94. The molecule has 0 spiro atoms. The van der Waals surface area contributed by atoms with Crippen LogP contribution in [0.5, 0.6) is 0 Å². The monoisotopic (exact) mass is 329 g/mol. The highest BCUT2D eigenvalue weighted by atomic mass is 16.5. The number of anilines is 1. The second-order valence-electron chi connectivity index (χ2n) is 6.56. The van der Waals surface area contributed by atoms with Gasteiger partial charge >= 0.3 is 0 Å². The molecule has 0 radical (unpaired) electrons. The van der Waals surface area contributed by atoms with E-state index in [0.29, 0.717) is 0 Å². The first kappa shape index (κ1) is 15.4. The molecule has 2 aromatic heterocycles. The third kappa shape index (κ3) is 2.96. The van der Waals surface area contributed by atoms with Crippen LogP contribution in [-0.2, 0) is 9.53 Å². The minimum absolute atomic E-state index is 0.137. The minimum atomic E-state index is 0.137. The van der Waals surface area contributed by atoms with Gasteiger partial charge in [-0.05, 0) is 25.0 Å². The number of piperidine rings is 1. The van der Waals surface area contributed by atoms with Gasteiger partial charge in [0.1, 0.15) is 0 Å². The molecule has 2 fully saturated rings. The predicted octanol–water partition coefficient (Wildman–Crippen LogP) is 1.29. The highest BCUT2D eigenvalue weighted by Gasteiger charge is 2.26. The Kier molecular flexibility index (Phi) is 4.10. The first-order valence-electron chi connectivity index (χ1n) is 8.65. The van der Waals surface area contributed by atoms with Gasteiger partial charge in [0, 0.05) is 39.0 Å². The smallest absolute Gasteiger partial charge is 0.219 e. The quantitative estimate of drug-likeness (QED) is 0.831. The molecule has 0 saturated carbocycles. The molecule has 0 aliphatic carbocycles. The van der Waals surface area contributed by atoms with Crippen LogP contribution in [0.4, 0.5) is 5.69 Å². The van der Waals surface area contributed by atoms with Gasteiger partial charge in [0.25, 0.3) is 0 Å². The average molecular weight is 329 g/mol. The van der Waals surface area contributed by atoms with Crippen molar-refractivity contribution in [2.24, 2.45) is 0 Å². The predicted molar refractivity (Wildman–Crippen MR) is 90.2 cm³/mol. The fourth-order valence-corrected chi connectivity index (χ4v) is 3.54. The maximum absolute atomic E-state index is 11.6. The molecule has 7 nitrogen and oxygen atoms in total. The van der Waals surface area contributed by atoms with Crippen molar-refractivity contribution in [3.8, 4) is 0 Å². The Labute approximate surface area is 141 Å². The molecule has 1 atom stereocenters. The van der Waals surface area contributed by atoms with Gasteiger partial charge in [0.15, 0.2) is 11.5 Å². The van der Waals surface area contributed by atoms with Crippen molar-refractivity contribution >= 4 is 17.2 Å². The van der Waals surface area contributed by atoms with E-state index in [2.05, 4.69) is 16.0 Å². The molecule has 0 bridgehead atoms. The van der Waals surface area contributed by atoms with E-state index in [1.165, 1.54) is 0 Å². The largest absolute Gasteiger partial charge is 0.378 e. The molecule has 2 saturated heterocycles. The van der Waals surface area contributed by atoms with Gasteiger partial charge < -0.3 is 14.5 Å². The summed E-state index contributed by atoms with van der Waals surface area (Å²) in [5.74, 6) is 1.22. The third-order valence-electron chi connectivity index (χ3n) is 4.94. The fraction of sp³-hybridized carbons (Fsp3) is 0.588. The summed E-state index contributed by atoms with van der Waals surface area (Å²) in [6.07, 6.45) is 4.10. The Bertz CT molecular complexity index is 738. The van der Waals surface area contributed by atoms with Crippen LogP contribution in [0.2, 0.25) is 0 Å². The van der Waals surface area contributed by atoms with Crippen LogP contribution < -0.4 is 4.90 Å². The van der Waals surface area contributed by atoms with E-state index in [9.17, 15) is 4.79 Å². The zero-order chi connectivity index (χ0) is 16.5. The fourth-order valence-electron chi connectivity index (χ4n) is 3.54. The zero-order valence-electron chi connectivity index (χ0n) is 14.0. The number of hydrogen-bond acceptors (Lipinski definition) is 5. The summed E-state index contributed by atoms with van der Waals surface area (Å²) in [7, 11) is 0. The Morgan fingerprint density at radius 2 is 2.08 bits per heavy atom. The maximum Gasteiger partial charge on any atom is 0.219 e. The lowest BCUT2D eigenvalue weighted by atomic mass is 9.97. The second-order valence-corrected chi connectivity index (χ2v) is 6.56. The first-order chi connectivity index (χ1) is 11.7. The number of hydrogen-bond donors (Lipinski definition) is 0. The molecule has 2 aromatic rings. The van der Waals surface area contributed by atoms with E-state index < -0.39 is 0 Å². The summed E-state index contributed by atoms with van der Waals surface area (Å²) in [6.45, 7) is 6.55. The van der Waals surface area contributed by atoms with Crippen molar-refractivity contribution in [2.75, 3.05) is 44.3 Å². The molecular weight excluding hydrogens is 306 g/mol. The summed E-state index contributed by atoms with van der Waals surface area (Å²) in [5.41, 5.74) is 2.01. The van der Waals surface area contributed by atoms with Crippen LogP contribution >= 0.6 is 0 Å². The number of amides is 1. The van der Waals surface area contributed by atoms with Crippen LogP contribution in [0, 0.1) is 0 Å². The summed E-state index contributed by atoms with van der Waals surface area (Å²) in [4.78, 5) is 20.5. The van der Waals surface area contributed by atoms with Crippen LogP contribution in [-0.4, -0.2) is 64.8 Å². The second kappa shape index (κ2) is 6.39. The molecule has 128 valence electrons. The van der Waals surface area contributed by atoms with Crippen molar-refractivity contribution in [3.05, 3.63) is 24.2 Å². The molecule has 0 N–H and O–H groups in total. The number of carbonyl (C=O) groups excluding carboxylic acids is 1. The number of fused-ring (bicyclic) bond motifs is 1. The summed E-state index contributed by atoms with van der Waals surface area (Å²) < 4.78 is 7.28. The SMILES string of the molecule is CC(=O)N1CCC[C@H](c2nc3ccc(N4CCOCC4)cn3n2)C1. The van der Waals surface area contributed by atoms with Gasteiger partial charge in [-0.3, -0.25) is 4.79 Å². The van der Waals surface area contributed by atoms with E-state index in [1.807, 2.05) is 21.7 Å². The highest BCUT2D eigenvalue weighted by Crippen LogP contribution is 2.26. The lowest BCUT2D eigenvalue weighted by Gasteiger charge is -2.30. The molecule has 0 aromatic carbocycles. The van der Waals surface area contributed by atoms with E-state index in [-0.39, 0.29) is 11.8 Å². The van der Waals surface area contributed by atoms with Crippen LogP contribution in [0.25, 0.3) is 5.65 Å². The van der Waals surface area contributed by atoms with E-state index >= 15 is 0 Å². The Balaban J connectivity index is 1.57. The first-order valence-corrected chi connectivity index (χ1v) is 8.65. The topological polar surface area (TPSA) is 63.0 Å². The standard InChI is InChI=1S/C17H23N5O2/c1-13(23)21-6-2-3-14(11-21)17-18-16-5-4-15(12-22(16)19-17)20-7-9-24-10-8-20/h4-5,12,14H,2-3,6-11H2,1H3/t14-/m0/s1. The van der Waals surface area contributed by atoms with Crippen molar-refractivity contribution in [1.29, 1.82) is 0 Å². The normalized spacial score (nSPS) is 22.1. The average Bonchev–Trinajstić information content (AvgIpc) is 3.06. The van der Waals surface area contributed by atoms with Crippen molar-refractivity contribution in [2.45, 2.75) is 25.7 Å². The molecule has 24 heavy (non-hydrogen) atoms. The van der Waals surface area contributed by atoms with Crippen molar-refractivity contribution < 1.29 is 9.53 Å². The number of aromatic nitrogens is 3. The zero-order valence-corrected chi connectivity index (χ0v) is 14.0. The van der Waals surface area contributed by atoms with E-state index in [1.54, 1.807) is 6.92 Å². The Morgan fingerprint density at radius 1 is 1.25 bits per heavy atom. The van der Waals surface area contributed by atoms with Gasteiger partial charge in [-0.1, -0.05) is 0 Å².